The second kappa shape index (κ2) is 5.78. The molecule has 1 aromatic rings. The summed E-state index contributed by atoms with van der Waals surface area (Å²) in [5.74, 6) is 1.06. The normalized spacial score (nSPS) is 13.1. The fourth-order valence-corrected chi connectivity index (χ4v) is 1.38. The fraction of sp³-hybridized carbons (Fsp3) is 0.700. The van der Waals surface area contributed by atoms with Gasteiger partial charge in [0.05, 0.1) is 6.61 Å². The molecule has 0 saturated heterocycles. The molecular weight excluding hydrogens is 178 g/mol. The molecule has 80 valence electrons. The van der Waals surface area contributed by atoms with Crippen LogP contribution in [0.25, 0.3) is 0 Å². The highest BCUT2D eigenvalue weighted by molar-refractivity contribution is 4.88. The number of nitrogens with one attached hydrogen (secondary N) is 1. The summed E-state index contributed by atoms with van der Waals surface area (Å²) in [6, 6.07) is 0.406. The molecule has 0 aliphatic rings. The Bertz CT molecular complexity index is 260. The van der Waals surface area contributed by atoms with Gasteiger partial charge in [-0.1, -0.05) is 0 Å². The number of methoxy groups -OCH3 is 1. The molecule has 0 aromatic carbocycles. The number of hydrogen-bond donors (Lipinski definition) is 1. The minimum absolute atomic E-state index is 0.406. The number of aryl methyl sites for hydroxylation is 1. The van der Waals surface area contributed by atoms with Crippen LogP contribution in [0.1, 0.15) is 12.7 Å². The lowest BCUT2D eigenvalue weighted by Gasteiger charge is -2.13. The third kappa shape index (κ3) is 3.47. The molecule has 1 heterocycles. The van der Waals surface area contributed by atoms with Crippen molar-refractivity contribution >= 4 is 0 Å². The van der Waals surface area contributed by atoms with Crippen LogP contribution in [-0.2, 0) is 11.3 Å². The SMILES string of the molecule is COCC(C)NCCn1ccnc1C. The second-order valence-electron chi connectivity index (χ2n) is 3.48. The molecule has 0 fully saturated rings. The van der Waals surface area contributed by atoms with E-state index in [2.05, 4.69) is 21.8 Å². The van der Waals surface area contributed by atoms with Gasteiger partial charge in [-0.25, -0.2) is 4.98 Å². The number of imidazole rings is 1. The third-order valence-electron chi connectivity index (χ3n) is 2.19. The van der Waals surface area contributed by atoms with Crippen LogP contribution in [0.15, 0.2) is 12.4 Å². The van der Waals surface area contributed by atoms with E-state index in [1.54, 1.807) is 7.11 Å². The van der Waals surface area contributed by atoms with Crippen LogP contribution in [0.4, 0.5) is 0 Å². The Morgan fingerprint density at radius 2 is 2.43 bits per heavy atom. The van der Waals surface area contributed by atoms with Gasteiger partial charge in [-0.3, -0.25) is 0 Å². The van der Waals surface area contributed by atoms with Crippen molar-refractivity contribution in [3.8, 4) is 0 Å². The van der Waals surface area contributed by atoms with E-state index < -0.39 is 0 Å². The molecule has 1 rings (SSSR count). The van der Waals surface area contributed by atoms with E-state index in [1.165, 1.54) is 0 Å². The Balaban J connectivity index is 2.19. The van der Waals surface area contributed by atoms with Crippen molar-refractivity contribution in [1.82, 2.24) is 14.9 Å². The van der Waals surface area contributed by atoms with E-state index in [4.69, 9.17) is 4.74 Å². The lowest BCUT2D eigenvalue weighted by Crippen LogP contribution is -2.32. The molecular formula is C10H19N3O. The molecule has 0 amide bonds. The van der Waals surface area contributed by atoms with Crippen molar-refractivity contribution < 1.29 is 4.74 Å². The predicted molar refractivity (Wildman–Crippen MR) is 56.3 cm³/mol. The summed E-state index contributed by atoms with van der Waals surface area (Å²) in [4.78, 5) is 4.16. The van der Waals surface area contributed by atoms with Crippen molar-refractivity contribution in [2.75, 3.05) is 20.3 Å². The first-order valence-electron chi connectivity index (χ1n) is 4.94. The van der Waals surface area contributed by atoms with Gasteiger partial charge in [0.15, 0.2) is 0 Å². The summed E-state index contributed by atoms with van der Waals surface area (Å²) >= 11 is 0. The number of rotatable bonds is 6. The van der Waals surface area contributed by atoms with Gasteiger partial charge in [-0.15, -0.1) is 0 Å². The van der Waals surface area contributed by atoms with Crippen LogP contribution in [0.3, 0.4) is 0 Å². The third-order valence-corrected chi connectivity index (χ3v) is 2.19. The van der Waals surface area contributed by atoms with Gasteiger partial charge in [0, 0.05) is 38.6 Å². The molecule has 1 aromatic heterocycles. The molecule has 1 atom stereocenters. The van der Waals surface area contributed by atoms with E-state index in [-0.39, 0.29) is 0 Å². The first kappa shape index (κ1) is 11.2. The quantitative estimate of drug-likeness (QED) is 0.733. The van der Waals surface area contributed by atoms with Gasteiger partial charge in [-0.2, -0.15) is 0 Å². The minimum Gasteiger partial charge on any atom is -0.383 e. The summed E-state index contributed by atoms with van der Waals surface area (Å²) in [5, 5.41) is 3.38. The van der Waals surface area contributed by atoms with E-state index in [0.29, 0.717) is 6.04 Å². The molecule has 0 aliphatic heterocycles. The van der Waals surface area contributed by atoms with Crippen molar-refractivity contribution in [2.24, 2.45) is 0 Å². The lowest BCUT2D eigenvalue weighted by molar-refractivity contribution is 0.172. The molecule has 0 bridgehead atoms. The number of ether oxygens (including phenoxy) is 1. The van der Waals surface area contributed by atoms with E-state index in [9.17, 15) is 0 Å². The Morgan fingerprint density at radius 3 is 3.00 bits per heavy atom. The van der Waals surface area contributed by atoms with E-state index >= 15 is 0 Å². The average Bonchev–Trinajstić information content (AvgIpc) is 2.52. The molecule has 1 N–H and O–H groups in total. The van der Waals surface area contributed by atoms with Gasteiger partial charge >= 0.3 is 0 Å². The zero-order valence-corrected chi connectivity index (χ0v) is 9.16. The summed E-state index contributed by atoms with van der Waals surface area (Å²) in [5.41, 5.74) is 0. The Labute approximate surface area is 85.3 Å². The number of nitrogens with zero attached hydrogens (tertiary/aromatic N) is 2. The number of aromatic nitrogens is 2. The minimum atomic E-state index is 0.406. The molecule has 0 saturated carbocycles. The van der Waals surface area contributed by atoms with Gasteiger partial charge in [-0.05, 0) is 13.8 Å². The lowest BCUT2D eigenvalue weighted by atomic mass is 10.3. The Morgan fingerprint density at radius 1 is 1.64 bits per heavy atom. The molecule has 0 radical (unpaired) electrons. The maximum Gasteiger partial charge on any atom is 0.105 e. The fourth-order valence-electron chi connectivity index (χ4n) is 1.38. The average molecular weight is 197 g/mol. The van der Waals surface area contributed by atoms with E-state index in [0.717, 1.165) is 25.5 Å². The Hall–Kier alpha value is -0.870. The topological polar surface area (TPSA) is 39.1 Å². The maximum atomic E-state index is 5.03. The summed E-state index contributed by atoms with van der Waals surface area (Å²) in [7, 11) is 1.72. The zero-order valence-electron chi connectivity index (χ0n) is 9.16. The van der Waals surface area contributed by atoms with Gasteiger partial charge in [0.25, 0.3) is 0 Å². The standard InChI is InChI=1S/C10H19N3O/c1-9(8-14-3)11-4-6-13-7-5-12-10(13)2/h5,7,9,11H,4,6,8H2,1-3H3. The summed E-state index contributed by atoms with van der Waals surface area (Å²) in [6.07, 6.45) is 3.83. The van der Waals surface area contributed by atoms with E-state index in [1.807, 2.05) is 19.3 Å². The van der Waals surface area contributed by atoms with Crippen LogP contribution in [0.2, 0.25) is 0 Å². The summed E-state index contributed by atoms with van der Waals surface area (Å²) in [6.45, 7) is 6.79. The number of hydrogen-bond acceptors (Lipinski definition) is 3. The molecule has 1 unspecified atom stereocenters. The second-order valence-corrected chi connectivity index (χ2v) is 3.48. The van der Waals surface area contributed by atoms with Crippen molar-refractivity contribution in [1.29, 1.82) is 0 Å². The van der Waals surface area contributed by atoms with Gasteiger partial charge in [0.2, 0.25) is 0 Å². The van der Waals surface area contributed by atoms with Gasteiger partial charge < -0.3 is 14.6 Å². The molecule has 0 aliphatic carbocycles. The first-order valence-corrected chi connectivity index (χ1v) is 4.94. The van der Waals surface area contributed by atoms with Crippen molar-refractivity contribution in [2.45, 2.75) is 26.4 Å². The first-order chi connectivity index (χ1) is 6.74. The predicted octanol–water partition coefficient (Wildman–Crippen LogP) is 0.816. The highest BCUT2D eigenvalue weighted by Crippen LogP contribution is 1.93. The smallest absolute Gasteiger partial charge is 0.105 e. The molecule has 0 spiro atoms. The summed E-state index contributed by atoms with van der Waals surface area (Å²) < 4.78 is 7.16. The van der Waals surface area contributed by atoms with Crippen molar-refractivity contribution in [3.63, 3.8) is 0 Å². The van der Waals surface area contributed by atoms with Crippen LogP contribution in [0, 0.1) is 6.92 Å². The molecule has 4 heteroatoms. The van der Waals surface area contributed by atoms with Crippen molar-refractivity contribution in [3.05, 3.63) is 18.2 Å². The highest BCUT2D eigenvalue weighted by atomic mass is 16.5. The highest BCUT2D eigenvalue weighted by Gasteiger charge is 2.00. The molecule has 4 nitrogen and oxygen atoms in total. The zero-order chi connectivity index (χ0) is 10.4. The van der Waals surface area contributed by atoms with Crippen LogP contribution in [0.5, 0.6) is 0 Å². The largest absolute Gasteiger partial charge is 0.383 e. The monoisotopic (exact) mass is 197 g/mol. The van der Waals surface area contributed by atoms with Gasteiger partial charge in [0.1, 0.15) is 5.82 Å². The van der Waals surface area contributed by atoms with Crippen LogP contribution >= 0.6 is 0 Å². The molecule has 14 heavy (non-hydrogen) atoms. The van der Waals surface area contributed by atoms with Crippen LogP contribution in [-0.4, -0.2) is 35.9 Å². The maximum absolute atomic E-state index is 5.03. The Kier molecular flexibility index (Phi) is 4.62. The van der Waals surface area contributed by atoms with Crippen LogP contribution < -0.4 is 5.32 Å².